The number of fused-ring (bicyclic) bond motifs is 2. The first-order chi connectivity index (χ1) is 9.47. The molecule has 3 aromatic rings. The van der Waals surface area contributed by atoms with Crippen LogP contribution in [0.3, 0.4) is 0 Å². The molecule has 0 saturated heterocycles. The van der Waals surface area contributed by atoms with E-state index in [1.165, 1.54) is 24.3 Å². The number of benzene rings is 1. The zero-order valence-corrected chi connectivity index (χ0v) is 9.82. The van der Waals surface area contributed by atoms with Gasteiger partial charge in [-0.25, -0.2) is 19.1 Å². The zero-order valence-electron chi connectivity index (χ0n) is 9.82. The van der Waals surface area contributed by atoms with Gasteiger partial charge in [-0.3, -0.25) is 9.89 Å². The van der Waals surface area contributed by atoms with Crippen molar-refractivity contribution in [2.75, 3.05) is 0 Å². The van der Waals surface area contributed by atoms with E-state index in [0.717, 1.165) is 4.52 Å². The van der Waals surface area contributed by atoms with E-state index >= 15 is 0 Å². The van der Waals surface area contributed by atoms with Crippen molar-refractivity contribution in [1.82, 2.24) is 14.6 Å². The maximum atomic E-state index is 12.2. The SMILES string of the molecule is O=C(O)c1ccc2c(=O)n3[nH]c(C(=O)O)cc3nc2c1. The molecule has 8 heteroatoms. The molecule has 0 aliphatic heterocycles. The molecule has 0 fully saturated rings. The second-order valence-electron chi connectivity index (χ2n) is 4.12. The average molecular weight is 273 g/mol. The Kier molecular flexibility index (Phi) is 2.33. The third-order valence-corrected chi connectivity index (χ3v) is 2.88. The Hall–Kier alpha value is -3.16. The molecule has 0 bridgehead atoms. The summed E-state index contributed by atoms with van der Waals surface area (Å²) in [7, 11) is 0. The zero-order chi connectivity index (χ0) is 14.4. The number of nitrogens with zero attached hydrogens (tertiary/aromatic N) is 2. The van der Waals surface area contributed by atoms with Crippen LogP contribution in [-0.4, -0.2) is 36.7 Å². The van der Waals surface area contributed by atoms with E-state index in [1.807, 2.05) is 0 Å². The van der Waals surface area contributed by atoms with Gasteiger partial charge in [-0.1, -0.05) is 0 Å². The smallest absolute Gasteiger partial charge is 0.353 e. The topological polar surface area (TPSA) is 125 Å². The third kappa shape index (κ3) is 1.62. The average Bonchev–Trinajstić information content (AvgIpc) is 2.82. The maximum absolute atomic E-state index is 12.2. The van der Waals surface area contributed by atoms with Gasteiger partial charge >= 0.3 is 11.9 Å². The molecular weight excluding hydrogens is 266 g/mol. The van der Waals surface area contributed by atoms with E-state index in [4.69, 9.17) is 10.2 Å². The molecule has 0 saturated carbocycles. The minimum absolute atomic E-state index is 0.00254. The highest BCUT2D eigenvalue weighted by Crippen LogP contribution is 2.13. The Bertz CT molecular complexity index is 937. The second kappa shape index (κ2) is 3.92. The first-order valence-corrected chi connectivity index (χ1v) is 5.49. The molecule has 3 N–H and O–H groups in total. The minimum atomic E-state index is -1.22. The maximum Gasteiger partial charge on any atom is 0.353 e. The van der Waals surface area contributed by atoms with Gasteiger partial charge in [0.2, 0.25) is 0 Å². The molecule has 0 spiro atoms. The highest BCUT2D eigenvalue weighted by molar-refractivity contribution is 5.93. The molecule has 0 unspecified atom stereocenters. The lowest BCUT2D eigenvalue weighted by Gasteiger charge is -2.00. The first-order valence-electron chi connectivity index (χ1n) is 5.49. The van der Waals surface area contributed by atoms with Crippen molar-refractivity contribution in [3.05, 3.63) is 45.9 Å². The molecule has 0 aliphatic carbocycles. The van der Waals surface area contributed by atoms with Crippen molar-refractivity contribution < 1.29 is 19.8 Å². The number of aromatic nitrogens is 3. The summed E-state index contributed by atoms with van der Waals surface area (Å²) < 4.78 is 1.01. The Morgan fingerprint density at radius 2 is 1.90 bits per heavy atom. The Labute approximate surface area is 109 Å². The predicted molar refractivity (Wildman–Crippen MR) is 67.2 cm³/mol. The van der Waals surface area contributed by atoms with E-state index in [1.54, 1.807) is 0 Å². The van der Waals surface area contributed by atoms with Gasteiger partial charge in [-0.15, -0.1) is 0 Å². The lowest BCUT2D eigenvalue weighted by atomic mass is 10.1. The number of H-pyrrole nitrogens is 1. The van der Waals surface area contributed by atoms with Crippen LogP contribution in [-0.2, 0) is 0 Å². The standard InChI is InChI=1S/C12H7N3O5/c16-10-6-2-1-5(11(17)18)3-7(6)13-9-4-8(12(19)20)14-15(9)10/h1-4,14H,(H,17,18)(H,19,20). The monoisotopic (exact) mass is 273 g/mol. The molecule has 0 radical (unpaired) electrons. The van der Waals surface area contributed by atoms with E-state index in [2.05, 4.69) is 10.1 Å². The summed E-state index contributed by atoms with van der Waals surface area (Å²) >= 11 is 0. The molecule has 100 valence electrons. The van der Waals surface area contributed by atoms with Crippen molar-refractivity contribution in [1.29, 1.82) is 0 Å². The number of carboxylic acids is 2. The molecule has 2 aromatic heterocycles. The molecule has 0 amide bonds. The van der Waals surface area contributed by atoms with Crippen LogP contribution in [0.5, 0.6) is 0 Å². The number of carbonyl (C=O) groups is 2. The lowest BCUT2D eigenvalue weighted by Crippen LogP contribution is -2.16. The molecule has 0 atom stereocenters. The summed E-state index contributed by atoms with van der Waals surface area (Å²) in [5, 5.41) is 20.4. The fourth-order valence-electron chi connectivity index (χ4n) is 1.93. The molecule has 3 rings (SSSR count). The summed E-state index contributed by atoms with van der Waals surface area (Å²) in [6.45, 7) is 0. The van der Waals surface area contributed by atoms with Crippen molar-refractivity contribution >= 4 is 28.5 Å². The number of aromatic carboxylic acids is 2. The summed E-state index contributed by atoms with van der Waals surface area (Å²) in [6, 6.07) is 5.12. The summed E-state index contributed by atoms with van der Waals surface area (Å²) in [5.74, 6) is -2.35. The van der Waals surface area contributed by atoms with Crippen LogP contribution in [0.25, 0.3) is 16.6 Å². The van der Waals surface area contributed by atoms with Gasteiger partial charge in [0.15, 0.2) is 5.65 Å². The quantitative estimate of drug-likeness (QED) is 0.627. The van der Waals surface area contributed by atoms with Crippen LogP contribution in [0.1, 0.15) is 20.8 Å². The van der Waals surface area contributed by atoms with Crippen molar-refractivity contribution in [2.45, 2.75) is 0 Å². The number of carboxylic acid groups (broad SMARTS) is 2. The van der Waals surface area contributed by atoms with Gasteiger partial charge in [-0.2, -0.15) is 0 Å². The van der Waals surface area contributed by atoms with Crippen molar-refractivity contribution in [2.24, 2.45) is 0 Å². The number of hydrogen-bond donors (Lipinski definition) is 3. The minimum Gasteiger partial charge on any atom is -0.478 e. The summed E-state index contributed by atoms with van der Waals surface area (Å²) in [5.41, 5.74) is -0.353. The molecule has 20 heavy (non-hydrogen) atoms. The van der Waals surface area contributed by atoms with Crippen molar-refractivity contribution in [3.63, 3.8) is 0 Å². The molecular formula is C12H7N3O5. The van der Waals surface area contributed by atoms with Gasteiger partial charge in [-0.05, 0) is 18.2 Å². The summed E-state index contributed by atoms with van der Waals surface area (Å²) in [6.07, 6.45) is 0. The van der Waals surface area contributed by atoms with Gasteiger partial charge in [0.05, 0.1) is 16.5 Å². The second-order valence-corrected chi connectivity index (χ2v) is 4.12. The molecule has 1 aromatic carbocycles. The molecule has 0 aliphatic rings. The highest BCUT2D eigenvalue weighted by Gasteiger charge is 2.13. The fourth-order valence-corrected chi connectivity index (χ4v) is 1.93. The molecule has 2 heterocycles. The lowest BCUT2D eigenvalue weighted by molar-refractivity contribution is 0.0682. The number of aromatic amines is 1. The normalized spacial score (nSPS) is 11.0. The van der Waals surface area contributed by atoms with Crippen LogP contribution in [0.2, 0.25) is 0 Å². The van der Waals surface area contributed by atoms with E-state index in [9.17, 15) is 14.4 Å². The van der Waals surface area contributed by atoms with Crippen LogP contribution in [0.4, 0.5) is 0 Å². The van der Waals surface area contributed by atoms with E-state index in [0.29, 0.717) is 0 Å². The number of hydrogen-bond acceptors (Lipinski definition) is 4. The van der Waals surface area contributed by atoms with Crippen LogP contribution in [0.15, 0.2) is 29.1 Å². The molecule has 8 nitrogen and oxygen atoms in total. The number of nitrogens with one attached hydrogen (secondary N) is 1. The van der Waals surface area contributed by atoms with Gasteiger partial charge in [0.25, 0.3) is 5.56 Å². The Balaban J connectivity index is 2.40. The first kappa shape index (κ1) is 11.9. The van der Waals surface area contributed by atoms with Crippen LogP contribution >= 0.6 is 0 Å². The van der Waals surface area contributed by atoms with E-state index in [-0.39, 0.29) is 27.8 Å². The Morgan fingerprint density at radius 3 is 2.55 bits per heavy atom. The van der Waals surface area contributed by atoms with E-state index < -0.39 is 17.5 Å². The number of rotatable bonds is 2. The van der Waals surface area contributed by atoms with Gasteiger partial charge < -0.3 is 10.2 Å². The van der Waals surface area contributed by atoms with Gasteiger partial charge in [0.1, 0.15) is 5.69 Å². The van der Waals surface area contributed by atoms with Gasteiger partial charge in [0, 0.05) is 6.07 Å². The Morgan fingerprint density at radius 1 is 1.15 bits per heavy atom. The van der Waals surface area contributed by atoms with Crippen LogP contribution in [0, 0.1) is 0 Å². The summed E-state index contributed by atoms with van der Waals surface area (Å²) in [4.78, 5) is 38.0. The highest BCUT2D eigenvalue weighted by atomic mass is 16.4. The van der Waals surface area contributed by atoms with Crippen molar-refractivity contribution in [3.8, 4) is 0 Å². The fraction of sp³-hybridized carbons (Fsp3) is 0. The largest absolute Gasteiger partial charge is 0.478 e. The predicted octanol–water partition coefficient (Wildman–Crippen LogP) is 0.572. The van der Waals surface area contributed by atoms with Crippen LogP contribution < -0.4 is 5.56 Å². The third-order valence-electron chi connectivity index (χ3n) is 2.88.